The number of nitrogens with one attached hydrogen (secondary N) is 2. The minimum absolute atomic E-state index is 0.0671. The number of hydrogen-bond acceptors (Lipinski definition) is 5. The van der Waals surface area contributed by atoms with E-state index in [1.54, 1.807) is 36.4 Å². The highest BCUT2D eigenvalue weighted by molar-refractivity contribution is 6.30. The number of anilines is 1. The van der Waals surface area contributed by atoms with Crippen molar-refractivity contribution in [3.05, 3.63) is 65.0 Å². The van der Waals surface area contributed by atoms with E-state index in [-0.39, 0.29) is 11.3 Å². The maximum absolute atomic E-state index is 12.0. The summed E-state index contributed by atoms with van der Waals surface area (Å²) in [6, 6.07) is 11.7. The molecule has 0 aliphatic carbocycles. The van der Waals surface area contributed by atoms with E-state index in [1.165, 1.54) is 12.4 Å². The number of amides is 1. The Kier molecular flexibility index (Phi) is 6.17. The van der Waals surface area contributed by atoms with Crippen molar-refractivity contribution >= 4 is 23.3 Å². The smallest absolute Gasteiger partial charge is 0.263 e. The summed E-state index contributed by atoms with van der Waals surface area (Å²) in [7, 11) is 0. The lowest BCUT2D eigenvalue weighted by molar-refractivity contribution is -0.117. The average Bonchev–Trinajstić information content (AvgIpc) is 2.57. The Balaban J connectivity index is 1.88. The predicted molar refractivity (Wildman–Crippen MR) is 91.4 cm³/mol. The summed E-state index contributed by atoms with van der Waals surface area (Å²) < 4.78 is 0. The molecule has 2 aromatic rings. The fraction of sp³-hybridized carbons (Fsp3) is 0.118. The molecule has 0 saturated heterocycles. The second kappa shape index (κ2) is 8.56. The van der Waals surface area contributed by atoms with Crippen molar-refractivity contribution in [2.75, 3.05) is 11.9 Å². The van der Waals surface area contributed by atoms with Gasteiger partial charge in [0.15, 0.2) is 0 Å². The number of rotatable bonds is 6. The van der Waals surface area contributed by atoms with Crippen LogP contribution in [0.2, 0.25) is 5.02 Å². The van der Waals surface area contributed by atoms with Gasteiger partial charge in [-0.1, -0.05) is 23.7 Å². The second-order valence-corrected chi connectivity index (χ2v) is 5.28. The van der Waals surface area contributed by atoms with Gasteiger partial charge < -0.3 is 15.7 Å². The lowest BCUT2D eigenvalue weighted by atomic mass is 10.1. The number of carbonyl (C=O) groups is 1. The first-order chi connectivity index (χ1) is 11.6. The number of nitrogens with zero attached hydrogens (tertiary/aromatic N) is 2. The molecule has 0 spiro atoms. The van der Waals surface area contributed by atoms with Crippen LogP contribution < -0.4 is 10.6 Å². The van der Waals surface area contributed by atoms with Crippen LogP contribution in [0.5, 0.6) is 5.75 Å². The van der Waals surface area contributed by atoms with E-state index in [0.717, 1.165) is 5.56 Å². The lowest BCUT2D eigenvalue weighted by Crippen LogP contribution is -2.27. The van der Waals surface area contributed by atoms with E-state index in [9.17, 15) is 9.90 Å². The van der Waals surface area contributed by atoms with E-state index < -0.39 is 5.91 Å². The molecule has 1 amide bonds. The van der Waals surface area contributed by atoms with Crippen LogP contribution in [0.25, 0.3) is 0 Å². The monoisotopic (exact) mass is 342 g/mol. The molecule has 0 fully saturated rings. The molecule has 24 heavy (non-hydrogen) atoms. The van der Waals surface area contributed by atoms with Crippen LogP contribution in [-0.2, 0) is 11.2 Å². The Bertz CT molecular complexity index is 782. The van der Waals surface area contributed by atoms with Crippen molar-refractivity contribution in [2.24, 2.45) is 0 Å². The van der Waals surface area contributed by atoms with Crippen molar-refractivity contribution in [1.82, 2.24) is 10.3 Å². The molecule has 122 valence electrons. The lowest BCUT2D eigenvalue weighted by Gasteiger charge is -2.05. The molecular formula is C17H15ClN4O2. The molecule has 2 rings (SSSR count). The third-order valence-electron chi connectivity index (χ3n) is 3.09. The van der Waals surface area contributed by atoms with Gasteiger partial charge in [-0.05, 0) is 36.2 Å². The Labute approximate surface area is 144 Å². The number of halogens is 1. The SMILES string of the molecule is N#C/C(=C/Nc1cc(Cl)ccn1)C(=O)NCCc1ccc(O)cc1. The van der Waals surface area contributed by atoms with Gasteiger partial charge in [-0.2, -0.15) is 5.26 Å². The third-order valence-corrected chi connectivity index (χ3v) is 3.32. The topological polar surface area (TPSA) is 98.0 Å². The number of aromatic hydroxyl groups is 1. The van der Waals surface area contributed by atoms with Gasteiger partial charge >= 0.3 is 0 Å². The van der Waals surface area contributed by atoms with Gasteiger partial charge in [-0.25, -0.2) is 4.98 Å². The zero-order chi connectivity index (χ0) is 17.4. The molecule has 0 atom stereocenters. The summed E-state index contributed by atoms with van der Waals surface area (Å²) in [5, 5.41) is 24.2. The molecule has 0 radical (unpaired) electrons. The molecule has 3 N–H and O–H groups in total. The fourth-order valence-electron chi connectivity index (χ4n) is 1.86. The fourth-order valence-corrected chi connectivity index (χ4v) is 2.02. The number of carbonyl (C=O) groups excluding carboxylic acids is 1. The van der Waals surface area contributed by atoms with Crippen LogP contribution in [0, 0.1) is 11.3 Å². The first kappa shape index (κ1) is 17.3. The molecular weight excluding hydrogens is 328 g/mol. The van der Waals surface area contributed by atoms with Crippen LogP contribution in [0.4, 0.5) is 5.82 Å². The number of benzene rings is 1. The highest BCUT2D eigenvalue weighted by Gasteiger charge is 2.08. The first-order valence-electron chi connectivity index (χ1n) is 7.13. The predicted octanol–water partition coefficient (Wildman–Crippen LogP) is 2.62. The highest BCUT2D eigenvalue weighted by atomic mass is 35.5. The van der Waals surface area contributed by atoms with Gasteiger partial charge in [0.2, 0.25) is 0 Å². The number of phenolic OH excluding ortho intramolecular Hbond substituents is 1. The molecule has 0 saturated carbocycles. The first-order valence-corrected chi connectivity index (χ1v) is 7.51. The third kappa shape index (κ3) is 5.30. The van der Waals surface area contributed by atoms with Crippen LogP contribution in [0.1, 0.15) is 5.56 Å². The van der Waals surface area contributed by atoms with Crippen molar-refractivity contribution in [3.8, 4) is 11.8 Å². The molecule has 7 heteroatoms. The maximum atomic E-state index is 12.0. The summed E-state index contributed by atoms with van der Waals surface area (Å²) in [5.41, 5.74) is 0.902. The van der Waals surface area contributed by atoms with Gasteiger partial charge in [0.1, 0.15) is 23.2 Å². The van der Waals surface area contributed by atoms with E-state index in [2.05, 4.69) is 15.6 Å². The Morgan fingerprint density at radius 1 is 1.33 bits per heavy atom. The van der Waals surface area contributed by atoms with Gasteiger partial charge in [-0.3, -0.25) is 4.79 Å². The largest absolute Gasteiger partial charge is 0.508 e. The van der Waals surface area contributed by atoms with Gasteiger partial charge in [0.25, 0.3) is 5.91 Å². The zero-order valence-corrected chi connectivity index (χ0v) is 13.4. The Morgan fingerprint density at radius 3 is 2.75 bits per heavy atom. The van der Waals surface area contributed by atoms with E-state index in [1.807, 2.05) is 6.07 Å². The van der Waals surface area contributed by atoms with Crippen molar-refractivity contribution in [3.63, 3.8) is 0 Å². The standard InChI is InChI=1S/C17H15ClN4O2/c18-14-6-8-20-16(9-14)22-11-13(10-19)17(24)21-7-5-12-1-3-15(23)4-2-12/h1-4,6,8-9,11,23H,5,7H2,(H,20,22)(H,21,24)/b13-11-. The van der Waals surface area contributed by atoms with Crippen molar-refractivity contribution < 1.29 is 9.90 Å². The summed E-state index contributed by atoms with van der Waals surface area (Å²) in [6.07, 6.45) is 3.39. The van der Waals surface area contributed by atoms with Gasteiger partial charge in [0.05, 0.1) is 0 Å². The second-order valence-electron chi connectivity index (χ2n) is 4.85. The minimum atomic E-state index is -0.481. The summed E-state index contributed by atoms with van der Waals surface area (Å²) in [4.78, 5) is 16.0. The summed E-state index contributed by atoms with van der Waals surface area (Å²) in [6.45, 7) is 0.373. The number of phenols is 1. The number of aromatic nitrogens is 1. The maximum Gasteiger partial charge on any atom is 0.263 e. The van der Waals surface area contributed by atoms with Gasteiger partial charge in [0, 0.05) is 24.0 Å². The number of nitriles is 1. The van der Waals surface area contributed by atoms with Crippen LogP contribution >= 0.6 is 11.6 Å². The number of hydrogen-bond donors (Lipinski definition) is 3. The minimum Gasteiger partial charge on any atom is -0.508 e. The quantitative estimate of drug-likeness (QED) is 0.553. The number of pyridine rings is 1. The summed E-state index contributed by atoms with van der Waals surface area (Å²) >= 11 is 5.83. The van der Waals surface area contributed by atoms with Gasteiger partial charge in [-0.15, -0.1) is 0 Å². The van der Waals surface area contributed by atoms with Crippen molar-refractivity contribution in [1.29, 1.82) is 5.26 Å². The zero-order valence-electron chi connectivity index (χ0n) is 12.7. The highest BCUT2D eigenvalue weighted by Crippen LogP contribution is 2.12. The molecule has 6 nitrogen and oxygen atoms in total. The Hall–Kier alpha value is -3.04. The molecule has 0 unspecified atom stereocenters. The van der Waals surface area contributed by atoms with Crippen molar-refractivity contribution in [2.45, 2.75) is 6.42 Å². The molecule has 0 bridgehead atoms. The van der Waals surface area contributed by atoms with E-state index in [0.29, 0.717) is 23.8 Å². The normalized spacial score (nSPS) is 10.8. The van der Waals surface area contributed by atoms with Crippen LogP contribution in [0.15, 0.2) is 54.4 Å². The Morgan fingerprint density at radius 2 is 2.08 bits per heavy atom. The molecule has 0 aliphatic rings. The molecule has 1 heterocycles. The molecule has 0 aliphatic heterocycles. The van der Waals surface area contributed by atoms with E-state index in [4.69, 9.17) is 16.9 Å². The van der Waals surface area contributed by atoms with E-state index >= 15 is 0 Å². The summed E-state index contributed by atoms with van der Waals surface area (Å²) in [5.74, 6) is 0.149. The average molecular weight is 343 g/mol. The van der Waals surface area contributed by atoms with Crippen LogP contribution in [0.3, 0.4) is 0 Å². The molecule has 1 aromatic heterocycles. The molecule has 1 aromatic carbocycles. The van der Waals surface area contributed by atoms with Crippen LogP contribution in [-0.4, -0.2) is 22.5 Å².